The van der Waals surface area contributed by atoms with Gasteiger partial charge in [-0.3, -0.25) is 0 Å². The minimum absolute atomic E-state index is 0.106. The van der Waals surface area contributed by atoms with Gasteiger partial charge >= 0.3 is 18.5 Å². The molecule has 1 aromatic heterocycles. The monoisotopic (exact) mass is 407 g/mol. The highest BCUT2D eigenvalue weighted by Crippen LogP contribution is 2.31. The Morgan fingerprint density at radius 3 is 2.31 bits per heavy atom. The number of rotatable bonds is 5. The molecule has 1 unspecified atom stereocenters. The SMILES string of the molecule is Cc1cc(F)c(-n2cnc(C(F)(F)F)n2)cc1[S+]([O-])CC(F)(F)C(F)F. The fourth-order valence-corrected chi connectivity index (χ4v) is 3.18. The fourth-order valence-electron chi connectivity index (χ4n) is 1.89. The molecule has 2 aromatic rings. The molecule has 0 amide bonds. The zero-order valence-corrected chi connectivity index (χ0v) is 13.5. The summed E-state index contributed by atoms with van der Waals surface area (Å²) in [5, 5.41) is 3.02. The van der Waals surface area contributed by atoms with Gasteiger partial charge in [-0.05, 0) is 24.2 Å². The first-order valence-electron chi connectivity index (χ1n) is 6.66. The lowest BCUT2D eigenvalue weighted by Gasteiger charge is -2.19. The van der Waals surface area contributed by atoms with Crippen LogP contribution in [0.15, 0.2) is 23.4 Å². The normalized spacial score (nSPS) is 14.1. The summed E-state index contributed by atoms with van der Waals surface area (Å²) in [5.74, 6) is -8.96. The van der Waals surface area contributed by atoms with Crippen molar-refractivity contribution in [2.24, 2.45) is 0 Å². The zero-order valence-electron chi connectivity index (χ0n) is 12.7. The van der Waals surface area contributed by atoms with Crippen molar-refractivity contribution >= 4 is 11.2 Å². The largest absolute Gasteiger partial charge is 0.611 e. The molecule has 1 atom stereocenters. The van der Waals surface area contributed by atoms with Crippen LogP contribution in [0, 0.1) is 12.7 Å². The first-order valence-corrected chi connectivity index (χ1v) is 7.98. The second-order valence-corrected chi connectivity index (χ2v) is 6.55. The molecule has 0 aliphatic carbocycles. The Morgan fingerprint density at radius 2 is 1.81 bits per heavy atom. The first kappa shape index (κ1) is 20.4. The summed E-state index contributed by atoms with van der Waals surface area (Å²) in [6.45, 7) is 1.18. The van der Waals surface area contributed by atoms with Crippen LogP contribution in [0.3, 0.4) is 0 Å². The molecule has 13 heteroatoms. The predicted octanol–water partition coefficient (Wildman–Crippen LogP) is 3.74. The van der Waals surface area contributed by atoms with Gasteiger partial charge in [0.1, 0.15) is 17.8 Å². The van der Waals surface area contributed by atoms with Crippen LogP contribution in [0.1, 0.15) is 11.4 Å². The summed E-state index contributed by atoms with van der Waals surface area (Å²) in [5.41, 5.74) is -0.756. The van der Waals surface area contributed by atoms with E-state index in [0.717, 1.165) is 6.07 Å². The molecule has 1 aromatic carbocycles. The van der Waals surface area contributed by atoms with Gasteiger partial charge in [-0.25, -0.2) is 22.8 Å². The molecule has 0 spiro atoms. The van der Waals surface area contributed by atoms with Gasteiger partial charge in [0.05, 0.1) is 0 Å². The minimum Gasteiger partial charge on any atom is -0.611 e. The lowest BCUT2D eigenvalue weighted by molar-refractivity contribution is -0.144. The average Bonchev–Trinajstić information content (AvgIpc) is 2.96. The van der Waals surface area contributed by atoms with Crippen molar-refractivity contribution in [3.63, 3.8) is 0 Å². The molecule has 0 aliphatic heterocycles. The molecular formula is C13H9F8N3OS. The predicted molar refractivity (Wildman–Crippen MR) is 73.3 cm³/mol. The number of nitrogens with zero attached hydrogens (tertiary/aromatic N) is 3. The van der Waals surface area contributed by atoms with E-state index in [4.69, 9.17) is 0 Å². The third-order valence-electron chi connectivity index (χ3n) is 3.12. The van der Waals surface area contributed by atoms with Gasteiger partial charge in [0.2, 0.25) is 0 Å². The van der Waals surface area contributed by atoms with Crippen LogP contribution in [0.25, 0.3) is 5.69 Å². The van der Waals surface area contributed by atoms with Gasteiger partial charge in [0.25, 0.3) is 5.82 Å². The molecule has 1 heterocycles. The van der Waals surface area contributed by atoms with Crippen LogP contribution in [0.2, 0.25) is 0 Å². The summed E-state index contributed by atoms with van der Waals surface area (Å²) < 4.78 is 115. The van der Waals surface area contributed by atoms with E-state index >= 15 is 0 Å². The van der Waals surface area contributed by atoms with Crippen LogP contribution in [-0.4, -0.2) is 37.4 Å². The second-order valence-electron chi connectivity index (χ2n) is 5.13. The molecule has 26 heavy (non-hydrogen) atoms. The van der Waals surface area contributed by atoms with Crippen molar-refractivity contribution in [2.75, 3.05) is 5.75 Å². The molecule has 0 aliphatic rings. The standard InChI is InChI=1S/C13H9F8N3OS/c1-6-2-7(14)8(24-5-22-11(23-24)13(19,20)21)3-9(6)26(25)4-12(17,18)10(15)16/h2-3,5,10H,4H2,1H3. The molecule has 4 nitrogen and oxygen atoms in total. The number of aromatic nitrogens is 3. The quantitative estimate of drug-likeness (QED) is 0.561. The summed E-state index contributed by atoms with van der Waals surface area (Å²) in [6.07, 6.45) is -8.44. The lowest BCUT2D eigenvalue weighted by Crippen LogP contribution is -2.35. The van der Waals surface area contributed by atoms with Gasteiger partial charge < -0.3 is 4.55 Å². The summed E-state index contributed by atoms with van der Waals surface area (Å²) in [4.78, 5) is 2.51. The molecule has 0 N–H and O–H groups in total. The van der Waals surface area contributed by atoms with E-state index in [2.05, 4.69) is 10.1 Å². The summed E-state index contributed by atoms with van der Waals surface area (Å²) in [7, 11) is 0. The third-order valence-corrected chi connectivity index (χ3v) is 4.70. The van der Waals surface area contributed by atoms with E-state index < -0.39 is 57.7 Å². The summed E-state index contributed by atoms with van der Waals surface area (Å²) >= 11 is -2.67. The van der Waals surface area contributed by atoms with Crippen LogP contribution in [-0.2, 0) is 17.4 Å². The van der Waals surface area contributed by atoms with E-state index in [1.807, 2.05) is 0 Å². The van der Waals surface area contributed by atoms with Gasteiger partial charge in [0.15, 0.2) is 10.6 Å². The van der Waals surface area contributed by atoms with E-state index in [9.17, 15) is 39.7 Å². The van der Waals surface area contributed by atoms with Gasteiger partial charge in [-0.1, -0.05) is 0 Å². The number of benzene rings is 1. The number of aryl methyl sites for hydroxylation is 1. The Bertz CT molecular complexity index is 792. The topological polar surface area (TPSA) is 53.8 Å². The van der Waals surface area contributed by atoms with Gasteiger partial charge in [-0.15, -0.1) is 5.10 Å². The van der Waals surface area contributed by atoms with E-state index in [1.54, 1.807) is 0 Å². The Hall–Kier alpha value is -1.89. The highest BCUT2D eigenvalue weighted by molar-refractivity contribution is 7.91. The molecule has 144 valence electrons. The van der Waals surface area contributed by atoms with Crippen LogP contribution >= 0.6 is 0 Å². The second kappa shape index (κ2) is 7.02. The van der Waals surface area contributed by atoms with Crippen molar-refractivity contribution in [3.8, 4) is 5.69 Å². The van der Waals surface area contributed by atoms with E-state index in [0.29, 0.717) is 17.1 Å². The van der Waals surface area contributed by atoms with Crippen LogP contribution < -0.4 is 0 Å². The zero-order chi connectivity index (χ0) is 19.9. The van der Waals surface area contributed by atoms with Crippen molar-refractivity contribution in [1.82, 2.24) is 14.8 Å². The van der Waals surface area contributed by atoms with Crippen molar-refractivity contribution in [3.05, 3.63) is 35.7 Å². The van der Waals surface area contributed by atoms with Crippen LogP contribution in [0.5, 0.6) is 0 Å². The molecule has 2 rings (SSSR count). The Balaban J connectivity index is 2.42. The molecule has 0 bridgehead atoms. The fraction of sp³-hybridized carbons (Fsp3) is 0.385. The Morgan fingerprint density at radius 1 is 1.19 bits per heavy atom. The van der Waals surface area contributed by atoms with E-state index in [-0.39, 0.29) is 5.56 Å². The number of hydrogen-bond donors (Lipinski definition) is 0. The van der Waals surface area contributed by atoms with Crippen molar-refractivity contribution in [2.45, 2.75) is 30.3 Å². The molecule has 0 saturated carbocycles. The number of hydrogen-bond acceptors (Lipinski definition) is 3. The third kappa shape index (κ3) is 4.26. The minimum atomic E-state index is -4.91. The molecular weight excluding hydrogens is 398 g/mol. The van der Waals surface area contributed by atoms with E-state index in [1.165, 1.54) is 6.92 Å². The maximum absolute atomic E-state index is 14.0. The molecule has 0 radical (unpaired) electrons. The van der Waals surface area contributed by atoms with Crippen molar-refractivity contribution < 1.29 is 39.7 Å². The summed E-state index contributed by atoms with van der Waals surface area (Å²) in [6, 6.07) is 1.43. The highest BCUT2D eigenvalue weighted by Gasteiger charge is 2.46. The number of halogens is 8. The van der Waals surface area contributed by atoms with Gasteiger partial charge in [-0.2, -0.15) is 22.0 Å². The smallest absolute Gasteiger partial charge is 0.453 e. The molecule has 0 fully saturated rings. The van der Waals surface area contributed by atoms with Crippen molar-refractivity contribution in [1.29, 1.82) is 0 Å². The maximum atomic E-state index is 14.0. The number of alkyl halides is 7. The Labute approximate surface area is 144 Å². The Kier molecular flexibility index (Phi) is 5.52. The highest BCUT2D eigenvalue weighted by atomic mass is 32.2. The van der Waals surface area contributed by atoms with Gasteiger partial charge in [0, 0.05) is 11.6 Å². The molecule has 0 saturated heterocycles. The lowest BCUT2D eigenvalue weighted by atomic mass is 10.2. The average molecular weight is 407 g/mol. The first-order chi connectivity index (χ1) is 11.8. The maximum Gasteiger partial charge on any atom is 0.453 e. The van der Waals surface area contributed by atoms with Crippen LogP contribution in [0.4, 0.5) is 35.1 Å².